The van der Waals surface area contributed by atoms with Gasteiger partial charge in [-0.2, -0.15) is 4.98 Å². The Hall–Kier alpha value is -2.09. The van der Waals surface area contributed by atoms with Crippen LogP contribution in [0.15, 0.2) is 24.3 Å². The first-order chi connectivity index (χ1) is 14.3. The van der Waals surface area contributed by atoms with Gasteiger partial charge in [0.2, 0.25) is 11.9 Å². The van der Waals surface area contributed by atoms with Gasteiger partial charge in [0.15, 0.2) is 0 Å². The lowest BCUT2D eigenvalue weighted by Crippen LogP contribution is -2.42. The maximum Gasteiger partial charge on any atom is 0.234 e. The number of aryl methyl sites for hydroxylation is 1. The van der Waals surface area contributed by atoms with Crippen LogP contribution in [-0.4, -0.2) is 60.6 Å². The highest BCUT2D eigenvalue weighted by molar-refractivity contribution is 6.42. The average Bonchev–Trinajstić information content (AvgIpc) is 2.73. The lowest BCUT2D eigenvalue weighted by molar-refractivity contribution is 0.226. The first-order valence-corrected chi connectivity index (χ1v) is 10.9. The Morgan fingerprint density at radius 2 is 1.97 bits per heavy atom. The van der Waals surface area contributed by atoms with Crippen molar-refractivity contribution in [2.24, 2.45) is 0 Å². The molecule has 3 rings (SSSR count). The zero-order chi connectivity index (χ0) is 21.8. The summed E-state index contributed by atoms with van der Waals surface area (Å²) in [5.74, 6) is 1.48. The Labute approximate surface area is 188 Å². The Bertz CT molecular complexity index is 905. The van der Waals surface area contributed by atoms with E-state index in [1.165, 1.54) is 6.42 Å². The molecular formula is C21H29Cl2N7. The average molecular weight is 450 g/mol. The summed E-state index contributed by atoms with van der Waals surface area (Å²) in [5.41, 5.74) is 1.61. The fraction of sp³-hybridized carbons (Fsp3) is 0.476. The summed E-state index contributed by atoms with van der Waals surface area (Å²) in [6, 6.07) is 7.60. The minimum absolute atomic E-state index is 0.222. The van der Waals surface area contributed by atoms with Gasteiger partial charge in [-0.05, 0) is 51.1 Å². The number of benzene rings is 1. The fourth-order valence-electron chi connectivity index (χ4n) is 3.58. The van der Waals surface area contributed by atoms with Crippen LogP contribution in [0.3, 0.4) is 0 Å². The fourth-order valence-corrected chi connectivity index (χ4v) is 3.87. The van der Waals surface area contributed by atoms with Crippen molar-refractivity contribution in [2.75, 3.05) is 48.8 Å². The third-order valence-electron chi connectivity index (χ3n) is 5.37. The number of likely N-dealkylation sites (tertiary alicyclic amines) is 1. The SMILES string of the molecule is CCN1CCCC(Nc2cc(C)nc(N(C)C(=N)N(C)c3ccc(Cl)c(Cl)c3)n2)C1. The number of anilines is 3. The van der Waals surface area contributed by atoms with Crippen LogP contribution in [0.2, 0.25) is 10.0 Å². The number of aromatic nitrogens is 2. The van der Waals surface area contributed by atoms with Crippen LogP contribution < -0.4 is 15.1 Å². The number of halogens is 2. The van der Waals surface area contributed by atoms with Crippen molar-refractivity contribution in [3.8, 4) is 0 Å². The van der Waals surface area contributed by atoms with Gasteiger partial charge in [-0.15, -0.1) is 0 Å². The Kier molecular flexibility index (Phi) is 7.39. The second kappa shape index (κ2) is 9.81. The second-order valence-corrected chi connectivity index (χ2v) is 8.43. The summed E-state index contributed by atoms with van der Waals surface area (Å²) < 4.78 is 0. The zero-order valence-electron chi connectivity index (χ0n) is 17.9. The molecule has 1 aliphatic rings. The molecule has 0 amide bonds. The van der Waals surface area contributed by atoms with Gasteiger partial charge in [0.05, 0.1) is 10.0 Å². The van der Waals surface area contributed by atoms with Crippen LogP contribution in [0.4, 0.5) is 17.5 Å². The van der Waals surface area contributed by atoms with Crippen molar-refractivity contribution in [1.82, 2.24) is 14.9 Å². The van der Waals surface area contributed by atoms with Crippen molar-refractivity contribution in [1.29, 1.82) is 5.41 Å². The summed E-state index contributed by atoms with van der Waals surface area (Å²) in [6.45, 7) is 7.37. The summed E-state index contributed by atoms with van der Waals surface area (Å²) in [4.78, 5) is 15.0. The molecule has 2 N–H and O–H groups in total. The van der Waals surface area contributed by atoms with Crippen LogP contribution in [0.1, 0.15) is 25.5 Å². The van der Waals surface area contributed by atoms with Crippen molar-refractivity contribution in [2.45, 2.75) is 32.7 Å². The lowest BCUT2D eigenvalue weighted by atomic mass is 10.1. The van der Waals surface area contributed by atoms with E-state index >= 15 is 0 Å². The van der Waals surface area contributed by atoms with E-state index in [4.69, 9.17) is 28.6 Å². The van der Waals surface area contributed by atoms with E-state index < -0.39 is 0 Å². The Morgan fingerprint density at radius 3 is 2.67 bits per heavy atom. The van der Waals surface area contributed by atoms with E-state index in [9.17, 15) is 0 Å². The van der Waals surface area contributed by atoms with E-state index in [2.05, 4.69) is 27.1 Å². The minimum Gasteiger partial charge on any atom is -0.366 e. The lowest BCUT2D eigenvalue weighted by Gasteiger charge is -2.32. The van der Waals surface area contributed by atoms with E-state index in [-0.39, 0.29) is 5.96 Å². The molecule has 7 nitrogen and oxygen atoms in total. The molecule has 1 fully saturated rings. The normalized spacial score (nSPS) is 16.9. The largest absolute Gasteiger partial charge is 0.366 e. The Morgan fingerprint density at radius 1 is 1.20 bits per heavy atom. The van der Waals surface area contributed by atoms with Crippen LogP contribution in [0.25, 0.3) is 0 Å². The third-order valence-corrected chi connectivity index (χ3v) is 6.11. The molecule has 0 spiro atoms. The van der Waals surface area contributed by atoms with Crippen LogP contribution >= 0.6 is 23.2 Å². The van der Waals surface area contributed by atoms with Crippen LogP contribution in [0, 0.1) is 12.3 Å². The molecule has 1 aromatic carbocycles. The van der Waals surface area contributed by atoms with Gasteiger partial charge >= 0.3 is 0 Å². The molecule has 9 heteroatoms. The van der Waals surface area contributed by atoms with E-state index in [1.807, 2.05) is 19.1 Å². The molecule has 1 aliphatic heterocycles. The number of hydrogen-bond acceptors (Lipinski definition) is 5. The molecule has 1 atom stereocenters. The summed E-state index contributed by atoms with van der Waals surface area (Å²) in [5, 5.41) is 13.1. The molecular weight excluding hydrogens is 421 g/mol. The summed E-state index contributed by atoms with van der Waals surface area (Å²) in [7, 11) is 3.59. The molecule has 0 bridgehead atoms. The van der Waals surface area contributed by atoms with Crippen molar-refractivity contribution >= 4 is 46.6 Å². The number of hydrogen-bond donors (Lipinski definition) is 2. The van der Waals surface area contributed by atoms with Crippen molar-refractivity contribution < 1.29 is 0 Å². The highest BCUT2D eigenvalue weighted by Gasteiger charge is 2.21. The van der Waals surface area contributed by atoms with Crippen LogP contribution in [-0.2, 0) is 0 Å². The summed E-state index contributed by atoms with van der Waals surface area (Å²) in [6.07, 6.45) is 2.31. The molecule has 0 saturated carbocycles. The third kappa shape index (κ3) is 5.33. The first kappa shape index (κ1) is 22.6. The number of nitrogens with one attached hydrogen (secondary N) is 2. The monoisotopic (exact) mass is 449 g/mol. The number of nitrogens with zero attached hydrogens (tertiary/aromatic N) is 5. The van der Waals surface area contributed by atoms with Crippen molar-refractivity contribution in [3.05, 3.63) is 40.0 Å². The van der Waals surface area contributed by atoms with Crippen molar-refractivity contribution in [3.63, 3.8) is 0 Å². The predicted octanol–water partition coefficient (Wildman–Crippen LogP) is 4.50. The standard InChI is InChI=1S/C21H29Cl2N7/c1-5-30-10-6-7-15(13-30)26-19-11-14(2)25-21(27-19)29(4)20(24)28(3)16-8-9-17(22)18(23)12-16/h8-9,11-12,15,24H,5-7,10,13H2,1-4H3,(H,25,26,27). The predicted molar refractivity (Wildman–Crippen MR) is 127 cm³/mol. The van der Waals surface area contributed by atoms with Crippen LogP contribution in [0.5, 0.6) is 0 Å². The second-order valence-electron chi connectivity index (χ2n) is 7.61. The molecule has 0 radical (unpaired) electrons. The maximum atomic E-state index is 8.61. The van der Waals surface area contributed by atoms with Gasteiger partial charge in [0.25, 0.3) is 0 Å². The molecule has 2 aromatic rings. The number of rotatable bonds is 5. The number of likely N-dealkylation sites (N-methyl/N-ethyl adjacent to an activating group) is 1. The maximum absolute atomic E-state index is 8.61. The van der Waals surface area contributed by atoms with Gasteiger partial charge in [0.1, 0.15) is 5.82 Å². The molecule has 1 aromatic heterocycles. The molecule has 162 valence electrons. The number of guanidine groups is 1. The highest BCUT2D eigenvalue weighted by atomic mass is 35.5. The summed E-state index contributed by atoms with van der Waals surface area (Å²) >= 11 is 12.1. The topological polar surface area (TPSA) is 71.4 Å². The van der Waals surface area contributed by atoms with Gasteiger partial charge < -0.3 is 15.1 Å². The number of piperidine rings is 1. The van der Waals surface area contributed by atoms with Gasteiger partial charge in [-0.25, -0.2) is 4.98 Å². The molecule has 30 heavy (non-hydrogen) atoms. The molecule has 1 saturated heterocycles. The molecule has 0 aliphatic carbocycles. The Balaban J connectivity index is 1.75. The first-order valence-electron chi connectivity index (χ1n) is 10.1. The molecule has 2 heterocycles. The van der Waals surface area contributed by atoms with E-state index in [1.54, 1.807) is 36.0 Å². The highest BCUT2D eigenvalue weighted by Crippen LogP contribution is 2.27. The quantitative estimate of drug-likeness (QED) is 0.517. The van der Waals surface area contributed by atoms with Gasteiger partial charge in [-0.1, -0.05) is 30.1 Å². The van der Waals surface area contributed by atoms with Gasteiger partial charge in [0, 0.05) is 44.1 Å². The molecule has 1 unspecified atom stereocenters. The smallest absolute Gasteiger partial charge is 0.234 e. The van der Waals surface area contributed by atoms with E-state index in [0.29, 0.717) is 22.0 Å². The minimum atomic E-state index is 0.222. The van der Waals surface area contributed by atoms with E-state index in [0.717, 1.165) is 43.3 Å². The zero-order valence-corrected chi connectivity index (χ0v) is 19.4. The van der Waals surface area contributed by atoms with Gasteiger partial charge in [-0.3, -0.25) is 10.3 Å².